The van der Waals surface area contributed by atoms with Crippen LogP contribution in [0.4, 0.5) is 0 Å². The van der Waals surface area contributed by atoms with Gasteiger partial charge in [-0.3, -0.25) is 0 Å². The minimum atomic E-state index is 0.289. The lowest BCUT2D eigenvalue weighted by Crippen LogP contribution is -2.21. The molecule has 1 aromatic carbocycles. The molecule has 0 aliphatic heterocycles. The zero-order valence-corrected chi connectivity index (χ0v) is 13.4. The summed E-state index contributed by atoms with van der Waals surface area (Å²) in [5.74, 6) is 0. The van der Waals surface area contributed by atoms with Gasteiger partial charge in [-0.05, 0) is 54.6 Å². The molecule has 96 valence electrons. The summed E-state index contributed by atoms with van der Waals surface area (Å²) in [6.45, 7) is 7.38. The van der Waals surface area contributed by atoms with Crippen LogP contribution in [0.1, 0.15) is 34.5 Å². The molecule has 2 aromatic rings. The minimum absolute atomic E-state index is 0.289. The van der Waals surface area contributed by atoms with Gasteiger partial charge in [0, 0.05) is 9.35 Å². The number of aryl methyl sites for hydroxylation is 2. The monoisotopic (exact) mass is 323 g/mol. The third-order valence-electron chi connectivity index (χ3n) is 3.02. The summed E-state index contributed by atoms with van der Waals surface area (Å²) in [5, 5.41) is 5.81. The van der Waals surface area contributed by atoms with E-state index in [1.54, 1.807) is 0 Å². The summed E-state index contributed by atoms with van der Waals surface area (Å²) < 4.78 is 1.18. The zero-order valence-electron chi connectivity index (χ0n) is 11.0. The average Bonchev–Trinajstić information content (AvgIpc) is 2.76. The number of halogens is 1. The van der Waals surface area contributed by atoms with Crippen LogP contribution in [0.15, 0.2) is 34.1 Å². The van der Waals surface area contributed by atoms with Gasteiger partial charge in [0.15, 0.2) is 0 Å². The molecule has 1 N–H and O–H groups in total. The van der Waals surface area contributed by atoms with E-state index in [4.69, 9.17) is 0 Å². The van der Waals surface area contributed by atoms with Crippen molar-refractivity contribution >= 4 is 27.3 Å². The van der Waals surface area contributed by atoms with Gasteiger partial charge < -0.3 is 5.32 Å². The Labute approximate surface area is 121 Å². The van der Waals surface area contributed by atoms with Crippen LogP contribution in [0, 0.1) is 13.8 Å². The third kappa shape index (κ3) is 3.02. The Morgan fingerprint density at radius 3 is 2.56 bits per heavy atom. The summed E-state index contributed by atoms with van der Waals surface area (Å²) in [7, 11) is 0. The Hall–Kier alpha value is -0.640. The molecule has 1 nitrogen and oxygen atoms in total. The highest BCUT2D eigenvalue weighted by molar-refractivity contribution is 9.10. The van der Waals surface area contributed by atoms with Gasteiger partial charge in [0.05, 0.1) is 6.04 Å². The van der Waals surface area contributed by atoms with Gasteiger partial charge in [0.2, 0.25) is 0 Å². The molecule has 0 saturated carbocycles. The van der Waals surface area contributed by atoms with E-state index in [0.29, 0.717) is 0 Å². The lowest BCUT2D eigenvalue weighted by Gasteiger charge is -2.18. The highest BCUT2D eigenvalue weighted by Gasteiger charge is 2.14. The Kier molecular flexibility index (Phi) is 4.60. The minimum Gasteiger partial charge on any atom is -0.307 e. The molecule has 0 saturated heterocycles. The van der Waals surface area contributed by atoms with Gasteiger partial charge in [-0.1, -0.05) is 35.0 Å². The van der Waals surface area contributed by atoms with Crippen molar-refractivity contribution in [2.24, 2.45) is 0 Å². The normalized spacial score (nSPS) is 12.7. The second kappa shape index (κ2) is 6.00. The van der Waals surface area contributed by atoms with Crippen LogP contribution in [0.2, 0.25) is 0 Å². The molecule has 0 aliphatic rings. The van der Waals surface area contributed by atoms with E-state index in [1.165, 1.54) is 26.0 Å². The first-order valence-electron chi connectivity index (χ1n) is 6.16. The van der Waals surface area contributed by atoms with E-state index in [0.717, 1.165) is 6.54 Å². The number of thiophene rings is 1. The highest BCUT2D eigenvalue weighted by atomic mass is 79.9. The van der Waals surface area contributed by atoms with E-state index in [1.807, 2.05) is 11.3 Å². The van der Waals surface area contributed by atoms with Gasteiger partial charge in [-0.15, -0.1) is 11.3 Å². The Balaban J connectivity index is 2.37. The van der Waals surface area contributed by atoms with Gasteiger partial charge >= 0.3 is 0 Å². The molecular formula is C15H18BrNS. The number of rotatable bonds is 4. The first-order valence-corrected chi connectivity index (χ1v) is 7.83. The van der Waals surface area contributed by atoms with Crippen LogP contribution in [0.25, 0.3) is 0 Å². The van der Waals surface area contributed by atoms with Crippen LogP contribution in [-0.4, -0.2) is 6.54 Å². The second-order valence-electron chi connectivity index (χ2n) is 4.49. The van der Waals surface area contributed by atoms with Crippen molar-refractivity contribution in [3.8, 4) is 0 Å². The summed E-state index contributed by atoms with van der Waals surface area (Å²) in [6, 6.07) is 9.15. The van der Waals surface area contributed by atoms with Crippen LogP contribution in [0.3, 0.4) is 0 Å². The Morgan fingerprint density at radius 2 is 2.00 bits per heavy atom. The topological polar surface area (TPSA) is 12.0 Å². The standard InChI is InChI=1S/C15H18BrNS/c1-4-17-15(13-7-11(3)18-9-13)12-6-5-10(2)14(16)8-12/h5-9,15,17H,4H2,1-3H3. The summed E-state index contributed by atoms with van der Waals surface area (Å²) in [5.41, 5.74) is 3.94. The first kappa shape index (κ1) is 13.8. The van der Waals surface area contributed by atoms with Crippen LogP contribution >= 0.6 is 27.3 Å². The lowest BCUT2D eigenvalue weighted by atomic mass is 10.00. The molecule has 0 aliphatic carbocycles. The van der Waals surface area contributed by atoms with E-state index in [2.05, 4.69) is 71.7 Å². The Morgan fingerprint density at radius 1 is 1.22 bits per heavy atom. The van der Waals surface area contributed by atoms with E-state index in [9.17, 15) is 0 Å². The maximum atomic E-state index is 3.62. The third-order valence-corrected chi connectivity index (χ3v) is 4.76. The molecule has 3 heteroatoms. The molecule has 0 fully saturated rings. The van der Waals surface area contributed by atoms with Gasteiger partial charge in [0.25, 0.3) is 0 Å². The van der Waals surface area contributed by atoms with Crippen molar-refractivity contribution in [1.82, 2.24) is 5.32 Å². The van der Waals surface area contributed by atoms with Crippen molar-refractivity contribution in [2.75, 3.05) is 6.54 Å². The number of hydrogen-bond acceptors (Lipinski definition) is 2. The summed E-state index contributed by atoms with van der Waals surface area (Å²) in [6.07, 6.45) is 0. The van der Waals surface area contributed by atoms with Gasteiger partial charge in [-0.25, -0.2) is 0 Å². The van der Waals surface area contributed by atoms with Crippen molar-refractivity contribution in [3.63, 3.8) is 0 Å². The number of nitrogens with one attached hydrogen (secondary N) is 1. The maximum absolute atomic E-state index is 3.62. The molecule has 1 atom stereocenters. The molecule has 0 spiro atoms. The molecular weight excluding hydrogens is 306 g/mol. The molecule has 18 heavy (non-hydrogen) atoms. The zero-order chi connectivity index (χ0) is 13.1. The second-order valence-corrected chi connectivity index (χ2v) is 6.46. The SMILES string of the molecule is CCNC(c1csc(C)c1)c1ccc(C)c(Br)c1. The lowest BCUT2D eigenvalue weighted by molar-refractivity contribution is 0.632. The van der Waals surface area contributed by atoms with E-state index < -0.39 is 0 Å². The van der Waals surface area contributed by atoms with Crippen molar-refractivity contribution in [1.29, 1.82) is 0 Å². The predicted octanol–water partition coefficient (Wildman–Crippen LogP) is 4.83. The molecule has 0 amide bonds. The maximum Gasteiger partial charge on any atom is 0.0585 e. The molecule has 0 radical (unpaired) electrons. The summed E-state index contributed by atoms with van der Waals surface area (Å²) >= 11 is 5.43. The predicted molar refractivity (Wildman–Crippen MR) is 83.5 cm³/mol. The number of benzene rings is 1. The fourth-order valence-electron chi connectivity index (χ4n) is 2.04. The number of hydrogen-bond donors (Lipinski definition) is 1. The van der Waals surface area contributed by atoms with E-state index in [-0.39, 0.29) is 6.04 Å². The smallest absolute Gasteiger partial charge is 0.0585 e. The fraction of sp³-hybridized carbons (Fsp3) is 0.333. The van der Waals surface area contributed by atoms with Crippen LogP contribution in [-0.2, 0) is 0 Å². The Bertz CT molecular complexity index is 533. The van der Waals surface area contributed by atoms with Crippen LogP contribution < -0.4 is 5.32 Å². The first-order chi connectivity index (χ1) is 8.61. The molecule has 2 rings (SSSR count). The fourth-order valence-corrected chi connectivity index (χ4v) is 3.16. The summed E-state index contributed by atoms with van der Waals surface area (Å²) in [4.78, 5) is 1.36. The molecule has 1 unspecified atom stereocenters. The van der Waals surface area contributed by atoms with Gasteiger partial charge in [0.1, 0.15) is 0 Å². The quantitative estimate of drug-likeness (QED) is 0.850. The average molecular weight is 324 g/mol. The molecule has 1 heterocycles. The van der Waals surface area contributed by atoms with Crippen molar-refractivity contribution in [3.05, 3.63) is 55.7 Å². The van der Waals surface area contributed by atoms with Crippen LogP contribution in [0.5, 0.6) is 0 Å². The van der Waals surface area contributed by atoms with Gasteiger partial charge in [-0.2, -0.15) is 0 Å². The largest absolute Gasteiger partial charge is 0.307 e. The molecule has 0 bridgehead atoms. The highest BCUT2D eigenvalue weighted by Crippen LogP contribution is 2.29. The molecule has 1 aromatic heterocycles. The van der Waals surface area contributed by atoms with Crippen molar-refractivity contribution < 1.29 is 0 Å². The van der Waals surface area contributed by atoms with Crippen molar-refractivity contribution in [2.45, 2.75) is 26.8 Å². The van der Waals surface area contributed by atoms with E-state index >= 15 is 0 Å².